The largest absolute Gasteiger partial charge is 0.496 e. The topological polar surface area (TPSA) is 85.9 Å². The van der Waals surface area contributed by atoms with E-state index in [9.17, 15) is 9.59 Å². The number of fused-ring (bicyclic) bond motifs is 1. The third-order valence-electron chi connectivity index (χ3n) is 4.16. The molecule has 0 bridgehead atoms. The van der Waals surface area contributed by atoms with Crippen LogP contribution in [0.2, 0.25) is 0 Å². The summed E-state index contributed by atoms with van der Waals surface area (Å²) in [7, 11) is 1.61. The van der Waals surface area contributed by atoms with Gasteiger partial charge in [0.1, 0.15) is 12.2 Å². The number of carbonyl (C=O) groups excluding carboxylic acids is 2. The molecule has 7 heteroatoms. The first-order chi connectivity index (χ1) is 13.2. The third-order valence-corrected chi connectivity index (χ3v) is 4.16. The van der Waals surface area contributed by atoms with Gasteiger partial charge in [0.05, 0.1) is 7.11 Å². The van der Waals surface area contributed by atoms with E-state index in [0.717, 1.165) is 16.9 Å². The van der Waals surface area contributed by atoms with E-state index in [2.05, 4.69) is 10.6 Å². The average molecular weight is 370 g/mol. The molecule has 2 aromatic carbocycles. The van der Waals surface area contributed by atoms with Gasteiger partial charge in [0.15, 0.2) is 11.5 Å². The molecule has 0 aliphatic carbocycles. The monoisotopic (exact) mass is 370 g/mol. The fourth-order valence-corrected chi connectivity index (χ4v) is 2.77. The summed E-state index contributed by atoms with van der Waals surface area (Å²) in [4.78, 5) is 23.9. The molecule has 3 rings (SSSR count). The Balaban J connectivity index is 1.38. The average Bonchev–Trinajstić information content (AvgIpc) is 3.14. The molecular weight excluding hydrogens is 348 g/mol. The van der Waals surface area contributed by atoms with Gasteiger partial charge in [-0.05, 0) is 35.7 Å². The summed E-state index contributed by atoms with van der Waals surface area (Å²) in [6.45, 7) is 0.971. The van der Waals surface area contributed by atoms with Crippen LogP contribution in [0.25, 0.3) is 0 Å². The Labute approximate surface area is 157 Å². The van der Waals surface area contributed by atoms with E-state index in [1.54, 1.807) is 13.2 Å². The van der Waals surface area contributed by atoms with Gasteiger partial charge in [0.2, 0.25) is 18.6 Å². The molecule has 2 N–H and O–H groups in total. The van der Waals surface area contributed by atoms with Crippen molar-refractivity contribution in [1.82, 2.24) is 10.6 Å². The predicted molar refractivity (Wildman–Crippen MR) is 98.7 cm³/mol. The van der Waals surface area contributed by atoms with Crippen molar-refractivity contribution in [2.45, 2.75) is 19.4 Å². The van der Waals surface area contributed by atoms with Crippen molar-refractivity contribution in [3.05, 3.63) is 53.6 Å². The number of amides is 2. The van der Waals surface area contributed by atoms with Crippen LogP contribution in [0.3, 0.4) is 0 Å². The van der Waals surface area contributed by atoms with Gasteiger partial charge >= 0.3 is 0 Å². The second kappa shape index (κ2) is 8.93. The van der Waals surface area contributed by atoms with Gasteiger partial charge in [-0.2, -0.15) is 0 Å². The maximum absolute atomic E-state index is 11.9. The van der Waals surface area contributed by atoms with Crippen LogP contribution in [0.5, 0.6) is 17.2 Å². The summed E-state index contributed by atoms with van der Waals surface area (Å²) in [5.74, 6) is 1.50. The van der Waals surface area contributed by atoms with Crippen molar-refractivity contribution in [3.8, 4) is 17.2 Å². The summed E-state index contributed by atoms with van der Waals surface area (Å²) in [6, 6.07) is 13.1. The molecule has 7 nitrogen and oxygen atoms in total. The molecule has 0 saturated heterocycles. The highest BCUT2D eigenvalue weighted by Gasteiger charge is 2.14. The van der Waals surface area contributed by atoms with Crippen LogP contribution in [-0.4, -0.2) is 32.3 Å². The zero-order chi connectivity index (χ0) is 19.1. The molecular formula is C20H22N2O5. The van der Waals surface area contributed by atoms with Gasteiger partial charge in [-0.1, -0.05) is 24.3 Å². The molecule has 1 aliphatic rings. The van der Waals surface area contributed by atoms with Crippen LogP contribution in [0.1, 0.15) is 17.5 Å². The Hall–Kier alpha value is -3.22. The molecule has 27 heavy (non-hydrogen) atoms. The number of nitrogens with one attached hydrogen (secondary N) is 2. The van der Waals surface area contributed by atoms with E-state index in [1.165, 1.54) is 0 Å². The lowest BCUT2D eigenvalue weighted by Gasteiger charge is -2.09. The minimum absolute atomic E-state index is 0.209. The standard InChI is InChI=1S/C20H22N2O5/c1-25-16-5-3-2-4-15(16)8-9-21-19(23)11-20(24)22-12-14-6-7-17-18(10-14)27-13-26-17/h2-7,10H,8-9,11-13H2,1H3,(H,21,23)(H,22,24). The van der Waals surface area contributed by atoms with E-state index in [4.69, 9.17) is 14.2 Å². The number of hydrogen-bond acceptors (Lipinski definition) is 5. The maximum Gasteiger partial charge on any atom is 0.231 e. The van der Waals surface area contributed by atoms with E-state index in [1.807, 2.05) is 36.4 Å². The summed E-state index contributed by atoms with van der Waals surface area (Å²) >= 11 is 0. The molecule has 0 saturated carbocycles. The highest BCUT2D eigenvalue weighted by Crippen LogP contribution is 2.32. The minimum Gasteiger partial charge on any atom is -0.496 e. The van der Waals surface area contributed by atoms with Crippen molar-refractivity contribution >= 4 is 11.8 Å². The SMILES string of the molecule is COc1ccccc1CCNC(=O)CC(=O)NCc1ccc2c(c1)OCO2. The Bertz CT molecular complexity index is 822. The van der Waals surface area contributed by atoms with Gasteiger partial charge in [-0.25, -0.2) is 0 Å². The first kappa shape index (κ1) is 18.6. The zero-order valence-electron chi connectivity index (χ0n) is 15.1. The minimum atomic E-state index is -0.331. The molecule has 1 heterocycles. The van der Waals surface area contributed by atoms with Crippen LogP contribution in [0, 0.1) is 0 Å². The van der Waals surface area contributed by atoms with Gasteiger partial charge < -0.3 is 24.8 Å². The zero-order valence-corrected chi connectivity index (χ0v) is 15.1. The number of hydrogen-bond donors (Lipinski definition) is 2. The second-order valence-electron chi connectivity index (χ2n) is 6.05. The normalized spacial score (nSPS) is 11.7. The fourth-order valence-electron chi connectivity index (χ4n) is 2.77. The van der Waals surface area contributed by atoms with E-state index >= 15 is 0 Å². The molecule has 0 radical (unpaired) electrons. The van der Waals surface area contributed by atoms with Gasteiger partial charge in [0.25, 0.3) is 0 Å². The number of rotatable bonds is 8. The van der Waals surface area contributed by atoms with Crippen molar-refractivity contribution < 1.29 is 23.8 Å². The summed E-state index contributed by atoms with van der Waals surface area (Å²) in [6.07, 6.45) is 0.422. The Kier molecular flexibility index (Phi) is 6.14. The van der Waals surface area contributed by atoms with E-state index in [-0.39, 0.29) is 25.0 Å². The van der Waals surface area contributed by atoms with E-state index in [0.29, 0.717) is 31.0 Å². The molecule has 0 fully saturated rings. The van der Waals surface area contributed by atoms with Gasteiger partial charge in [-0.15, -0.1) is 0 Å². The summed E-state index contributed by atoms with van der Waals surface area (Å²) < 4.78 is 15.8. The van der Waals surface area contributed by atoms with Crippen LogP contribution >= 0.6 is 0 Å². The second-order valence-corrected chi connectivity index (χ2v) is 6.05. The van der Waals surface area contributed by atoms with Gasteiger partial charge in [0, 0.05) is 13.1 Å². The molecule has 0 spiro atoms. The number of carbonyl (C=O) groups is 2. The Morgan fingerprint density at radius 3 is 2.67 bits per heavy atom. The van der Waals surface area contributed by atoms with E-state index < -0.39 is 0 Å². The smallest absolute Gasteiger partial charge is 0.231 e. The molecule has 0 atom stereocenters. The van der Waals surface area contributed by atoms with Crippen LogP contribution in [0.4, 0.5) is 0 Å². The molecule has 1 aliphatic heterocycles. The highest BCUT2D eigenvalue weighted by molar-refractivity contribution is 5.96. The van der Waals surface area contributed by atoms with Crippen molar-refractivity contribution in [2.24, 2.45) is 0 Å². The lowest BCUT2D eigenvalue weighted by Crippen LogP contribution is -2.32. The highest BCUT2D eigenvalue weighted by atomic mass is 16.7. The molecule has 0 aromatic heterocycles. The quantitative estimate of drug-likeness (QED) is 0.692. The van der Waals surface area contributed by atoms with Crippen LogP contribution in [0.15, 0.2) is 42.5 Å². The third kappa shape index (κ3) is 5.13. The maximum atomic E-state index is 11.9. The van der Waals surface area contributed by atoms with Crippen molar-refractivity contribution in [2.75, 3.05) is 20.4 Å². The lowest BCUT2D eigenvalue weighted by molar-refractivity contribution is -0.129. The lowest BCUT2D eigenvalue weighted by atomic mass is 10.1. The molecule has 2 amide bonds. The van der Waals surface area contributed by atoms with Crippen molar-refractivity contribution in [3.63, 3.8) is 0 Å². The molecule has 0 unspecified atom stereocenters. The summed E-state index contributed by atoms with van der Waals surface area (Å²) in [5, 5.41) is 5.48. The van der Waals surface area contributed by atoms with Crippen LogP contribution in [-0.2, 0) is 22.6 Å². The number of ether oxygens (including phenoxy) is 3. The first-order valence-corrected chi connectivity index (χ1v) is 8.69. The molecule has 142 valence electrons. The number of methoxy groups -OCH3 is 1. The van der Waals surface area contributed by atoms with Crippen molar-refractivity contribution in [1.29, 1.82) is 0 Å². The Morgan fingerprint density at radius 2 is 1.81 bits per heavy atom. The van der Waals surface area contributed by atoms with Gasteiger partial charge in [-0.3, -0.25) is 9.59 Å². The fraction of sp³-hybridized carbons (Fsp3) is 0.300. The number of benzene rings is 2. The predicted octanol–water partition coefficient (Wildman–Crippen LogP) is 1.79. The molecule has 2 aromatic rings. The van der Waals surface area contributed by atoms with Crippen LogP contribution < -0.4 is 24.8 Å². The first-order valence-electron chi connectivity index (χ1n) is 8.69. The Morgan fingerprint density at radius 1 is 1.04 bits per heavy atom. The summed E-state index contributed by atoms with van der Waals surface area (Å²) in [5.41, 5.74) is 1.89. The number of para-hydroxylation sites is 1.